The van der Waals surface area contributed by atoms with Crippen molar-refractivity contribution in [3.8, 4) is 0 Å². The first-order valence-corrected chi connectivity index (χ1v) is 3.01. The Morgan fingerprint density at radius 1 is 1.50 bits per heavy atom. The molecule has 0 aromatic rings. The summed E-state index contributed by atoms with van der Waals surface area (Å²) in [7, 11) is 0. The topological polar surface area (TPSA) is 20.2 Å². The van der Waals surface area contributed by atoms with Gasteiger partial charge in [-0.15, -0.1) is 17.3 Å². The van der Waals surface area contributed by atoms with Crippen molar-refractivity contribution in [1.29, 1.82) is 0 Å². The van der Waals surface area contributed by atoms with Gasteiger partial charge in [-0.25, -0.2) is 0 Å². The zero-order chi connectivity index (χ0) is 6.24. The number of aliphatic hydroxyl groups is 1. The van der Waals surface area contributed by atoms with E-state index < -0.39 is 0 Å². The molecule has 1 N–H and O–H groups in total. The van der Waals surface area contributed by atoms with Gasteiger partial charge >= 0.3 is 0 Å². The second-order valence-corrected chi connectivity index (χ2v) is 1.61. The molecular weight excluding hydrogens is 124 g/mol. The minimum atomic E-state index is 0.0544. The fourth-order valence-electron chi connectivity index (χ4n) is 0.274. The van der Waals surface area contributed by atoms with E-state index in [1.165, 1.54) is 0 Å². The minimum Gasteiger partial charge on any atom is -0.392 e. The van der Waals surface area contributed by atoms with Crippen molar-refractivity contribution < 1.29 is 5.11 Å². The van der Waals surface area contributed by atoms with Crippen molar-refractivity contribution in [2.24, 2.45) is 0 Å². The molecule has 0 bridgehead atoms. The molecule has 1 nitrogen and oxygen atoms in total. The van der Waals surface area contributed by atoms with Crippen LogP contribution in [0, 0.1) is 0 Å². The van der Waals surface area contributed by atoms with Gasteiger partial charge in [0.25, 0.3) is 0 Å². The number of halogens is 1. The lowest BCUT2D eigenvalue weighted by Crippen LogP contribution is -1.67. The summed E-state index contributed by atoms with van der Waals surface area (Å²) in [6.45, 7) is 0.0544. The third-order valence-electron chi connectivity index (χ3n) is 0.580. The maximum atomic E-state index is 8.19. The Bertz CT molecular complexity index is 92.7. The first-order chi connectivity index (χ1) is 3.91. The van der Waals surface area contributed by atoms with Crippen molar-refractivity contribution in [3.05, 3.63) is 17.9 Å². The maximum Gasteiger partial charge on any atom is 0.0686 e. The highest BCUT2D eigenvalue weighted by atomic mass is 35.5. The third-order valence-corrected chi connectivity index (χ3v) is 0.799. The van der Waals surface area contributed by atoms with Crippen molar-refractivity contribution >= 4 is 11.6 Å². The molecule has 0 aliphatic heterocycles. The highest BCUT2D eigenvalue weighted by Gasteiger charge is 1.68. The molecule has 0 unspecified atom stereocenters. The molecule has 0 heterocycles. The molecule has 0 aromatic heterocycles. The van der Waals surface area contributed by atoms with E-state index >= 15 is 0 Å². The molecule has 8 heavy (non-hydrogen) atoms. The van der Waals surface area contributed by atoms with Gasteiger partial charge in [0.05, 0.1) is 6.61 Å². The van der Waals surface area contributed by atoms with Crippen molar-refractivity contribution in [2.75, 3.05) is 12.5 Å². The van der Waals surface area contributed by atoms with Crippen LogP contribution in [0.15, 0.2) is 17.9 Å². The smallest absolute Gasteiger partial charge is 0.0686 e. The Hall–Kier alpha value is -0.230. The normalized spacial score (nSPS) is 7.75. The van der Waals surface area contributed by atoms with Crippen LogP contribution in [0.3, 0.4) is 0 Å². The summed E-state index contributed by atoms with van der Waals surface area (Å²) in [6, 6.07) is 0. The lowest BCUT2D eigenvalue weighted by molar-refractivity contribution is 0.343. The summed E-state index contributed by atoms with van der Waals surface area (Å²) >= 11 is 5.33. The SMILES string of the molecule is OCC=C=CCCCl. The summed E-state index contributed by atoms with van der Waals surface area (Å²) < 4.78 is 0. The third kappa shape index (κ3) is 5.77. The summed E-state index contributed by atoms with van der Waals surface area (Å²) in [5.41, 5.74) is 2.75. The average Bonchev–Trinajstić information content (AvgIpc) is 1.81. The molecule has 46 valence electrons. The van der Waals surface area contributed by atoms with E-state index in [0.717, 1.165) is 6.42 Å². The van der Waals surface area contributed by atoms with Crippen molar-refractivity contribution in [1.82, 2.24) is 0 Å². The van der Waals surface area contributed by atoms with Gasteiger partial charge in [-0.1, -0.05) is 0 Å². The molecule has 0 radical (unpaired) electrons. The monoisotopic (exact) mass is 132 g/mol. The molecule has 0 fully saturated rings. The minimum absolute atomic E-state index is 0.0544. The fraction of sp³-hybridized carbons (Fsp3) is 0.500. The lowest BCUT2D eigenvalue weighted by atomic mass is 10.4. The molecule has 0 rings (SSSR count). The van der Waals surface area contributed by atoms with Crippen LogP contribution in [0.4, 0.5) is 0 Å². The Labute approximate surface area is 54.3 Å². The van der Waals surface area contributed by atoms with Crippen LogP contribution >= 0.6 is 11.6 Å². The molecule has 0 aromatic carbocycles. The zero-order valence-corrected chi connectivity index (χ0v) is 5.36. The van der Waals surface area contributed by atoms with Gasteiger partial charge in [0.15, 0.2) is 0 Å². The predicted molar refractivity (Wildman–Crippen MR) is 35.1 cm³/mol. The molecule has 0 spiro atoms. The van der Waals surface area contributed by atoms with Crippen LogP contribution < -0.4 is 0 Å². The molecule has 0 aliphatic rings. The quantitative estimate of drug-likeness (QED) is 0.454. The van der Waals surface area contributed by atoms with Crippen molar-refractivity contribution in [2.45, 2.75) is 6.42 Å². The van der Waals surface area contributed by atoms with E-state index in [2.05, 4.69) is 5.73 Å². The lowest BCUT2D eigenvalue weighted by Gasteiger charge is -1.74. The molecular formula is C6H9ClO. The number of hydrogen-bond donors (Lipinski definition) is 1. The van der Waals surface area contributed by atoms with Crippen LogP contribution in [0.1, 0.15) is 6.42 Å². The Morgan fingerprint density at radius 2 is 2.25 bits per heavy atom. The first kappa shape index (κ1) is 7.77. The molecule has 0 amide bonds. The van der Waals surface area contributed by atoms with Crippen LogP contribution in [0.5, 0.6) is 0 Å². The van der Waals surface area contributed by atoms with E-state index in [-0.39, 0.29) is 6.61 Å². The average molecular weight is 133 g/mol. The number of alkyl halides is 1. The second kappa shape index (κ2) is 6.77. The summed E-state index contributed by atoms with van der Waals surface area (Å²) in [5.74, 6) is 0.617. The van der Waals surface area contributed by atoms with Gasteiger partial charge in [-0.2, -0.15) is 0 Å². The Balaban J connectivity index is 3.18. The zero-order valence-electron chi connectivity index (χ0n) is 4.60. The standard InChI is InChI=1S/C6H9ClO/c7-5-3-1-2-4-6-8/h1,4,8H,3,5-6H2. The van der Waals surface area contributed by atoms with Gasteiger partial charge in [0.2, 0.25) is 0 Å². The fourth-order valence-corrected chi connectivity index (χ4v) is 0.383. The van der Waals surface area contributed by atoms with E-state index in [0.29, 0.717) is 5.88 Å². The van der Waals surface area contributed by atoms with Crippen LogP contribution in [0.25, 0.3) is 0 Å². The Kier molecular flexibility index (Phi) is 6.58. The molecule has 0 saturated carbocycles. The number of hydrogen-bond acceptors (Lipinski definition) is 1. The van der Waals surface area contributed by atoms with E-state index in [4.69, 9.17) is 16.7 Å². The highest BCUT2D eigenvalue weighted by molar-refractivity contribution is 6.17. The molecule has 0 saturated heterocycles. The van der Waals surface area contributed by atoms with Gasteiger partial charge in [-0.05, 0) is 18.6 Å². The predicted octanol–water partition coefficient (Wildman–Crippen LogP) is 1.32. The van der Waals surface area contributed by atoms with Gasteiger partial charge < -0.3 is 5.11 Å². The van der Waals surface area contributed by atoms with Gasteiger partial charge in [-0.3, -0.25) is 0 Å². The number of aliphatic hydroxyl groups excluding tert-OH is 1. The highest BCUT2D eigenvalue weighted by Crippen LogP contribution is 1.83. The summed E-state index contributed by atoms with van der Waals surface area (Å²) in [6.07, 6.45) is 4.16. The van der Waals surface area contributed by atoms with Crippen LogP contribution in [-0.4, -0.2) is 17.6 Å². The summed E-state index contributed by atoms with van der Waals surface area (Å²) in [4.78, 5) is 0. The molecule has 0 atom stereocenters. The van der Waals surface area contributed by atoms with E-state index in [9.17, 15) is 0 Å². The second-order valence-electron chi connectivity index (χ2n) is 1.24. The molecule has 0 aliphatic carbocycles. The number of rotatable bonds is 3. The van der Waals surface area contributed by atoms with Gasteiger partial charge in [0.1, 0.15) is 0 Å². The van der Waals surface area contributed by atoms with Gasteiger partial charge in [0, 0.05) is 5.88 Å². The first-order valence-electron chi connectivity index (χ1n) is 2.48. The maximum absolute atomic E-state index is 8.19. The Morgan fingerprint density at radius 3 is 2.75 bits per heavy atom. The largest absolute Gasteiger partial charge is 0.392 e. The molecule has 2 heteroatoms. The van der Waals surface area contributed by atoms with E-state index in [1.807, 2.05) is 0 Å². The summed E-state index contributed by atoms with van der Waals surface area (Å²) in [5, 5.41) is 8.19. The van der Waals surface area contributed by atoms with Crippen LogP contribution in [-0.2, 0) is 0 Å². The van der Waals surface area contributed by atoms with E-state index in [1.54, 1.807) is 12.2 Å². The van der Waals surface area contributed by atoms with Crippen LogP contribution in [0.2, 0.25) is 0 Å². The van der Waals surface area contributed by atoms with Crippen molar-refractivity contribution in [3.63, 3.8) is 0 Å².